The molecule has 32 heavy (non-hydrogen) atoms. The third kappa shape index (κ3) is 3.35. The van der Waals surface area contributed by atoms with Gasteiger partial charge in [-0.3, -0.25) is 4.79 Å². The predicted molar refractivity (Wildman–Crippen MR) is 130 cm³/mol. The first-order valence-corrected chi connectivity index (χ1v) is 12.8. The van der Waals surface area contributed by atoms with Gasteiger partial charge in [0.2, 0.25) is 0 Å². The average Bonchev–Trinajstić information content (AvgIpc) is 3.16. The number of benzene rings is 2. The lowest BCUT2D eigenvalue weighted by molar-refractivity contribution is 0.0718. The molecule has 3 unspecified atom stereocenters. The molecule has 1 aliphatic heterocycles. The van der Waals surface area contributed by atoms with E-state index >= 15 is 0 Å². The Labute approximate surface area is 195 Å². The smallest absolute Gasteiger partial charge is 0.274 e. The molecule has 0 bridgehead atoms. The zero-order valence-corrected chi connectivity index (χ0v) is 19.7. The molecule has 0 spiro atoms. The van der Waals surface area contributed by atoms with Crippen molar-refractivity contribution >= 4 is 40.0 Å². The number of hydrogen-bond acceptors (Lipinski definition) is 5. The van der Waals surface area contributed by atoms with Crippen LogP contribution >= 0.6 is 23.1 Å². The number of carbonyl (C=O) groups excluding carboxylic acids is 1. The second-order valence-electron chi connectivity index (χ2n) is 8.71. The topological polar surface area (TPSA) is 51.0 Å². The number of thioether (sulfide) groups is 1. The summed E-state index contributed by atoms with van der Waals surface area (Å²) in [6.07, 6.45) is 1.24. The zero-order chi connectivity index (χ0) is 21.8. The van der Waals surface area contributed by atoms with Gasteiger partial charge in [-0.25, -0.2) is 9.97 Å². The van der Waals surface area contributed by atoms with Crippen LogP contribution in [0.5, 0.6) is 0 Å². The first-order valence-electron chi connectivity index (χ1n) is 11.0. The number of thiazole rings is 1. The normalized spacial score (nSPS) is 21.8. The van der Waals surface area contributed by atoms with Gasteiger partial charge in [-0.2, -0.15) is 0 Å². The van der Waals surface area contributed by atoms with E-state index in [0.29, 0.717) is 17.5 Å². The Morgan fingerprint density at radius 3 is 2.72 bits per heavy atom. The number of carbonyl (C=O) groups is 1. The van der Waals surface area contributed by atoms with Crippen molar-refractivity contribution < 1.29 is 4.79 Å². The van der Waals surface area contributed by atoms with Crippen LogP contribution in [0.3, 0.4) is 0 Å². The molecule has 2 aromatic carbocycles. The number of imidazole rings is 1. The lowest BCUT2D eigenvalue weighted by Gasteiger charge is -2.27. The molecule has 7 heteroatoms. The standard InChI is InChI=1S/C25H24N4OS2/c1-15-26-22(23(32-15)16-8-4-3-5-9-16)24(30)29-13-17-12-18(17)21(29)14-31-25-27-19-10-6-7-11-20(19)28(25)2/h3-11,17-18,21H,12-14H2,1-2H3. The third-order valence-electron chi connectivity index (χ3n) is 6.67. The van der Waals surface area contributed by atoms with Crippen molar-refractivity contribution in [3.8, 4) is 10.4 Å². The summed E-state index contributed by atoms with van der Waals surface area (Å²) in [5.74, 6) is 2.20. The Hall–Kier alpha value is -2.64. The Bertz CT molecular complexity index is 1310. The number of likely N-dealkylation sites (tertiary alicyclic amines) is 1. The molecule has 0 N–H and O–H groups in total. The fraction of sp³-hybridized carbons (Fsp3) is 0.320. The maximum Gasteiger partial charge on any atom is 0.274 e. The molecule has 1 saturated heterocycles. The molecule has 1 amide bonds. The van der Waals surface area contributed by atoms with Gasteiger partial charge in [0, 0.05) is 25.4 Å². The lowest BCUT2D eigenvalue weighted by Crippen LogP contribution is -2.40. The lowest BCUT2D eigenvalue weighted by atomic mass is 10.1. The summed E-state index contributed by atoms with van der Waals surface area (Å²) < 4.78 is 2.16. The summed E-state index contributed by atoms with van der Waals surface area (Å²) in [5.41, 5.74) is 3.84. The van der Waals surface area contributed by atoms with Crippen LogP contribution < -0.4 is 0 Å². The van der Waals surface area contributed by atoms with Crippen molar-refractivity contribution in [3.05, 3.63) is 65.3 Å². The molecule has 2 aliphatic rings. The maximum absolute atomic E-state index is 13.7. The van der Waals surface area contributed by atoms with Gasteiger partial charge >= 0.3 is 0 Å². The van der Waals surface area contributed by atoms with Gasteiger partial charge in [0.05, 0.1) is 20.9 Å². The maximum atomic E-state index is 13.7. The highest BCUT2D eigenvalue weighted by atomic mass is 32.2. The molecule has 1 saturated carbocycles. The van der Waals surface area contributed by atoms with E-state index in [-0.39, 0.29) is 11.9 Å². The van der Waals surface area contributed by atoms with Crippen molar-refractivity contribution in [3.63, 3.8) is 0 Å². The molecule has 3 heterocycles. The Morgan fingerprint density at radius 1 is 1.12 bits per heavy atom. The zero-order valence-electron chi connectivity index (χ0n) is 18.1. The number of fused-ring (bicyclic) bond motifs is 2. The molecular formula is C25H24N4OS2. The Balaban J connectivity index is 1.26. The highest BCUT2D eigenvalue weighted by Crippen LogP contribution is 2.51. The first-order chi connectivity index (χ1) is 15.6. The quantitative estimate of drug-likeness (QED) is 0.381. The minimum absolute atomic E-state index is 0.0796. The molecule has 162 valence electrons. The summed E-state index contributed by atoms with van der Waals surface area (Å²) in [4.78, 5) is 26.2. The minimum atomic E-state index is 0.0796. The van der Waals surface area contributed by atoms with Crippen LogP contribution in [0.25, 0.3) is 21.5 Å². The van der Waals surface area contributed by atoms with E-state index < -0.39 is 0 Å². The van der Waals surface area contributed by atoms with E-state index in [0.717, 1.165) is 43.9 Å². The second-order valence-corrected chi connectivity index (χ2v) is 10.9. The van der Waals surface area contributed by atoms with Gasteiger partial charge in [0.25, 0.3) is 5.91 Å². The largest absolute Gasteiger partial charge is 0.333 e. The highest BCUT2D eigenvalue weighted by molar-refractivity contribution is 7.99. The molecule has 3 atom stereocenters. The van der Waals surface area contributed by atoms with Crippen LogP contribution in [0, 0.1) is 18.8 Å². The van der Waals surface area contributed by atoms with Crippen LogP contribution in [0.15, 0.2) is 59.8 Å². The number of rotatable bonds is 5. The number of hydrogen-bond donors (Lipinski definition) is 0. The van der Waals surface area contributed by atoms with E-state index in [1.807, 2.05) is 37.3 Å². The molecule has 6 rings (SSSR count). The molecule has 4 aromatic rings. The van der Waals surface area contributed by atoms with Crippen LogP contribution in [0.2, 0.25) is 0 Å². The molecule has 1 aliphatic carbocycles. The molecule has 0 radical (unpaired) electrons. The summed E-state index contributed by atoms with van der Waals surface area (Å²) in [5, 5.41) is 1.94. The average molecular weight is 461 g/mol. The fourth-order valence-corrected chi connectivity index (χ4v) is 7.04. The summed E-state index contributed by atoms with van der Waals surface area (Å²) in [7, 11) is 2.07. The van der Waals surface area contributed by atoms with Crippen molar-refractivity contribution in [2.24, 2.45) is 18.9 Å². The van der Waals surface area contributed by atoms with Gasteiger partial charge in [0.1, 0.15) is 5.69 Å². The van der Waals surface area contributed by atoms with Gasteiger partial charge in [-0.15, -0.1) is 11.3 Å². The van der Waals surface area contributed by atoms with Crippen molar-refractivity contribution in [2.75, 3.05) is 12.3 Å². The fourth-order valence-electron chi connectivity index (χ4n) is 4.92. The van der Waals surface area contributed by atoms with E-state index in [1.165, 1.54) is 6.42 Å². The number of aromatic nitrogens is 3. The number of aryl methyl sites for hydroxylation is 2. The number of amides is 1. The van der Waals surface area contributed by atoms with Crippen LogP contribution in [0.4, 0.5) is 0 Å². The van der Waals surface area contributed by atoms with Gasteiger partial charge in [-0.1, -0.05) is 54.2 Å². The SMILES string of the molecule is Cc1nc(C(=O)N2CC3CC3C2CSc2nc3ccccc3n2C)c(-c2ccccc2)s1. The van der Waals surface area contributed by atoms with Gasteiger partial charge in [0.15, 0.2) is 5.16 Å². The highest BCUT2D eigenvalue weighted by Gasteiger charge is 2.54. The Morgan fingerprint density at radius 2 is 1.91 bits per heavy atom. The van der Waals surface area contributed by atoms with Gasteiger partial charge < -0.3 is 9.47 Å². The molecule has 5 nitrogen and oxygen atoms in total. The van der Waals surface area contributed by atoms with E-state index in [4.69, 9.17) is 4.98 Å². The molecule has 2 fully saturated rings. The molecule has 2 aromatic heterocycles. The summed E-state index contributed by atoms with van der Waals surface area (Å²) >= 11 is 3.37. The number of para-hydroxylation sites is 2. The van der Waals surface area contributed by atoms with E-state index in [2.05, 4.69) is 45.8 Å². The van der Waals surface area contributed by atoms with Gasteiger partial charge in [-0.05, 0) is 42.9 Å². The second kappa shape index (κ2) is 7.74. The van der Waals surface area contributed by atoms with Crippen molar-refractivity contribution in [1.29, 1.82) is 0 Å². The van der Waals surface area contributed by atoms with Crippen LogP contribution in [0.1, 0.15) is 21.9 Å². The number of piperidine rings is 1. The predicted octanol–water partition coefficient (Wildman–Crippen LogP) is 5.26. The summed E-state index contributed by atoms with van der Waals surface area (Å²) in [6, 6.07) is 18.6. The van der Waals surface area contributed by atoms with E-state index in [1.54, 1.807) is 23.1 Å². The Kier molecular flexibility index (Phi) is 4.84. The summed E-state index contributed by atoms with van der Waals surface area (Å²) in [6.45, 7) is 2.83. The molecular weight excluding hydrogens is 436 g/mol. The van der Waals surface area contributed by atoms with E-state index in [9.17, 15) is 4.79 Å². The third-order valence-corrected chi connectivity index (χ3v) is 8.82. The van der Waals surface area contributed by atoms with Crippen LogP contribution in [-0.4, -0.2) is 43.7 Å². The monoisotopic (exact) mass is 460 g/mol. The minimum Gasteiger partial charge on any atom is -0.333 e. The van der Waals surface area contributed by atoms with Crippen molar-refractivity contribution in [1.82, 2.24) is 19.4 Å². The van der Waals surface area contributed by atoms with Crippen molar-refractivity contribution in [2.45, 2.75) is 24.5 Å². The van der Waals surface area contributed by atoms with Crippen LogP contribution in [-0.2, 0) is 7.05 Å². The number of nitrogens with zero attached hydrogens (tertiary/aromatic N) is 4. The first kappa shape index (κ1) is 20.0.